The number of hydrogen-bond acceptors (Lipinski definition) is 3. The van der Waals surface area contributed by atoms with Gasteiger partial charge >= 0.3 is 0 Å². The molecule has 126 valence electrons. The largest absolute Gasteiger partial charge is 0.382 e. The molecule has 1 fully saturated rings. The van der Waals surface area contributed by atoms with Crippen molar-refractivity contribution in [2.45, 2.75) is 38.1 Å². The molecule has 0 bridgehead atoms. The van der Waals surface area contributed by atoms with Crippen molar-refractivity contribution in [1.82, 2.24) is 4.98 Å². The highest BCUT2D eigenvalue weighted by Gasteiger charge is 2.14. The van der Waals surface area contributed by atoms with Gasteiger partial charge in [-0.3, -0.25) is 9.78 Å². The summed E-state index contributed by atoms with van der Waals surface area (Å²) in [7, 11) is 0. The summed E-state index contributed by atoms with van der Waals surface area (Å²) in [4.78, 5) is 16.5. The predicted octanol–water partition coefficient (Wildman–Crippen LogP) is 5.39. The number of hydrogen-bond donors (Lipinski definition) is 2. The van der Waals surface area contributed by atoms with Crippen molar-refractivity contribution in [2.24, 2.45) is 0 Å². The molecule has 4 nitrogen and oxygen atoms in total. The summed E-state index contributed by atoms with van der Waals surface area (Å²) in [5.74, 6) is -0.277. The van der Waals surface area contributed by atoms with Gasteiger partial charge in [-0.15, -0.1) is 0 Å². The number of carbonyl (C=O) groups is 1. The Hall–Kier alpha value is -1.78. The maximum absolute atomic E-state index is 12.4. The van der Waals surface area contributed by atoms with Crippen molar-refractivity contribution in [2.75, 3.05) is 10.6 Å². The lowest BCUT2D eigenvalue weighted by atomic mass is 9.95. The number of halogens is 2. The van der Waals surface area contributed by atoms with Gasteiger partial charge in [0.25, 0.3) is 5.91 Å². The molecule has 1 aliphatic carbocycles. The Kier molecular flexibility index (Phi) is 5.59. The van der Waals surface area contributed by atoms with Crippen molar-refractivity contribution < 1.29 is 4.79 Å². The predicted molar refractivity (Wildman–Crippen MR) is 99.1 cm³/mol. The van der Waals surface area contributed by atoms with Crippen LogP contribution in [0.4, 0.5) is 11.4 Å². The van der Waals surface area contributed by atoms with Crippen LogP contribution in [0, 0.1) is 0 Å². The van der Waals surface area contributed by atoms with Crippen LogP contribution in [0.1, 0.15) is 42.6 Å². The van der Waals surface area contributed by atoms with Crippen LogP contribution in [0.25, 0.3) is 0 Å². The highest BCUT2D eigenvalue weighted by atomic mass is 35.5. The van der Waals surface area contributed by atoms with Crippen LogP contribution in [0.5, 0.6) is 0 Å². The molecule has 0 spiro atoms. The van der Waals surface area contributed by atoms with E-state index in [1.54, 1.807) is 30.5 Å². The van der Waals surface area contributed by atoms with E-state index >= 15 is 0 Å². The number of benzene rings is 1. The Morgan fingerprint density at radius 2 is 1.79 bits per heavy atom. The summed E-state index contributed by atoms with van der Waals surface area (Å²) in [5.41, 5.74) is 1.87. The Balaban J connectivity index is 1.68. The summed E-state index contributed by atoms with van der Waals surface area (Å²) in [6, 6.07) is 9.12. The number of amides is 1. The molecule has 2 N–H and O–H groups in total. The van der Waals surface area contributed by atoms with Gasteiger partial charge < -0.3 is 10.6 Å². The van der Waals surface area contributed by atoms with Crippen LogP contribution in [-0.4, -0.2) is 16.9 Å². The van der Waals surface area contributed by atoms with E-state index in [0.29, 0.717) is 27.5 Å². The SMILES string of the molecule is O=C(Nc1ccc(Cl)c(Cl)c1)c1cc(NC2CCCCC2)ccn1. The van der Waals surface area contributed by atoms with E-state index in [2.05, 4.69) is 15.6 Å². The third-order valence-corrected chi connectivity index (χ3v) is 4.89. The van der Waals surface area contributed by atoms with Crippen molar-refractivity contribution in [3.05, 3.63) is 52.3 Å². The van der Waals surface area contributed by atoms with E-state index in [1.807, 2.05) is 6.07 Å². The van der Waals surface area contributed by atoms with Crippen LogP contribution < -0.4 is 10.6 Å². The summed E-state index contributed by atoms with van der Waals surface area (Å²) >= 11 is 11.9. The van der Waals surface area contributed by atoms with Crippen molar-refractivity contribution >= 4 is 40.5 Å². The molecule has 0 aliphatic heterocycles. The van der Waals surface area contributed by atoms with Gasteiger partial charge in [0.05, 0.1) is 10.0 Å². The van der Waals surface area contributed by atoms with Crippen LogP contribution >= 0.6 is 23.2 Å². The molecule has 2 aromatic rings. The highest BCUT2D eigenvalue weighted by molar-refractivity contribution is 6.42. The summed E-state index contributed by atoms with van der Waals surface area (Å²) in [6.45, 7) is 0. The molecule has 0 atom stereocenters. The number of aromatic nitrogens is 1. The molecule has 0 saturated heterocycles. The first-order chi connectivity index (χ1) is 11.6. The first-order valence-corrected chi connectivity index (χ1v) is 8.86. The van der Waals surface area contributed by atoms with Gasteiger partial charge in [-0.1, -0.05) is 42.5 Å². The average molecular weight is 364 g/mol. The number of anilines is 2. The third kappa shape index (κ3) is 4.40. The van der Waals surface area contributed by atoms with E-state index in [-0.39, 0.29) is 5.91 Å². The van der Waals surface area contributed by atoms with Gasteiger partial charge in [-0.05, 0) is 43.2 Å². The van der Waals surface area contributed by atoms with Crippen LogP contribution in [0.15, 0.2) is 36.5 Å². The van der Waals surface area contributed by atoms with Crippen LogP contribution in [-0.2, 0) is 0 Å². The van der Waals surface area contributed by atoms with Crippen LogP contribution in [0.3, 0.4) is 0 Å². The second-order valence-corrected chi connectivity index (χ2v) is 6.81. The maximum atomic E-state index is 12.4. The zero-order chi connectivity index (χ0) is 16.9. The van der Waals surface area contributed by atoms with Crippen molar-refractivity contribution in [1.29, 1.82) is 0 Å². The van der Waals surface area contributed by atoms with E-state index in [4.69, 9.17) is 23.2 Å². The Morgan fingerprint density at radius 3 is 2.54 bits per heavy atom. The summed E-state index contributed by atoms with van der Waals surface area (Å²) < 4.78 is 0. The number of nitrogens with one attached hydrogen (secondary N) is 2. The second kappa shape index (κ2) is 7.86. The first kappa shape index (κ1) is 17.1. The molecule has 24 heavy (non-hydrogen) atoms. The molecule has 1 aromatic carbocycles. The van der Waals surface area contributed by atoms with E-state index in [1.165, 1.54) is 32.1 Å². The molecule has 1 amide bonds. The molecule has 6 heteroatoms. The highest BCUT2D eigenvalue weighted by Crippen LogP contribution is 2.25. The number of carbonyl (C=O) groups excluding carboxylic acids is 1. The lowest BCUT2D eigenvalue weighted by Gasteiger charge is -2.23. The minimum atomic E-state index is -0.277. The topological polar surface area (TPSA) is 54.0 Å². The van der Waals surface area contributed by atoms with E-state index < -0.39 is 0 Å². The zero-order valence-electron chi connectivity index (χ0n) is 13.2. The van der Waals surface area contributed by atoms with Gasteiger partial charge in [0, 0.05) is 23.6 Å². The molecule has 0 unspecified atom stereocenters. The number of rotatable bonds is 4. The third-order valence-electron chi connectivity index (χ3n) is 4.15. The molecule has 1 aliphatic rings. The zero-order valence-corrected chi connectivity index (χ0v) is 14.7. The fourth-order valence-corrected chi connectivity index (χ4v) is 3.19. The van der Waals surface area contributed by atoms with Gasteiger partial charge in [-0.25, -0.2) is 0 Å². The minimum Gasteiger partial charge on any atom is -0.382 e. The number of pyridine rings is 1. The van der Waals surface area contributed by atoms with Gasteiger partial charge in [-0.2, -0.15) is 0 Å². The molecule has 1 saturated carbocycles. The quantitative estimate of drug-likeness (QED) is 0.765. The molecule has 0 radical (unpaired) electrons. The Bertz CT molecular complexity index is 730. The van der Waals surface area contributed by atoms with Crippen molar-refractivity contribution in [3.8, 4) is 0 Å². The van der Waals surface area contributed by atoms with Crippen LogP contribution in [0.2, 0.25) is 10.0 Å². The lowest BCUT2D eigenvalue weighted by molar-refractivity contribution is 0.102. The standard InChI is InChI=1S/C18H19Cl2N3O/c19-15-7-6-13(10-16(15)20)23-18(24)17-11-14(8-9-21-17)22-12-4-2-1-3-5-12/h6-12H,1-5H2,(H,21,22)(H,23,24). The smallest absolute Gasteiger partial charge is 0.274 e. The molecular weight excluding hydrogens is 345 g/mol. The fourth-order valence-electron chi connectivity index (χ4n) is 2.90. The van der Waals surface area contributed by atoms with E-state index in [0.717, 1.165) is 5.69 Å². The molecule has 1 aromatic heterocycles. The summed E-state index contributed by atoms with van der Waals surface area (Å²) in [6.07, 6.45) is 7.82. The molecule has 3 rings (SSSR count). The average Bonchev–Trinajstić information content (AvgIpc) is 2.59. The minimum absolute atomic E-state index is 0.277. The van der Waals surface area contributed by atoms with Gasteiger partial charge in [0.1, 0.15) is 5.69 Å². The monoisotopic (exact) mass is 363 g/mol. The molecular formula is C18H19Cl2N3O. The fraction of sp³-hybridized carbons (Fsp3) is 0.333. The normalized spacial score (nSPS) is 15.1. The van der Waals surface area contributed by atoms with Crippen molar-refractivity contribution in [3.63, 3.8) is 0 Å². The first-order valence-electron chi connectivity index (χ1n) is 8.11. The summed E-state index contributed by atoms with van der Waals surface area (Å²) in [5, 5.41) is 7.13. The van der Waals surface area contributed by atoms with Gasteiger partial charge in [0.2, 0.25) is 0 Å². The Labute approximate surface area is 151 Å². The lowest BCUT2D eigenvalue weighted by Crippen LogP contribution is -2.22. The maximum Gasteiger partial charge on any atom is 0.274 e. The van der Waals surface area contributed by atoms with Gasteiger partial charge in [0.15, 0.2) is 0 Å². The number of nitrogens with zero attached hydrogens (tertiary/aromatic N) is 1. The van der Waals surface area contributed by atoms with E-state index in [9.17, 15) is 4.79 Å². The molecule has 1 heterocycles. The Morgan fingerprint density at radius 1 is 1.00 bits per heavy atom. The second-order valence-electron chi connectivity index (χ2n) is 5.99.